The number of rotatable bonds is 2. The van der Waals surface area contributed by atoms with Crippen molar-refractivity contribution in [1.29, 1.82) is 0 Å². The molecule has 3 rings (SSSR count). The Morgan fingerprint density at radius 2 is 2.05 bits per heavy atom. The van der Waals surface area contributed by atoms with Crippen LogP contribution in [0.1, 0.15) is 27.5 Å². The third-order valence-electron chi connectivity index (χ3n) is 3.72. The van der Waals surface area contributed by atoms with Crippen LogP contribution in [-0.2, 0) is 0 Å². The summed E-state index contributed by atoms with van der Waals surface area (Å²) in [5.74, 6) is 0.0967. The van der Waals surface area contributed by atoms with Gasteiger partial charge >= 0.3 is 0 Å². The molecule has 0 radical (unpaired) electrons. The molecule has 0 aliphatic carbocycles. The Hall–Kier alpha value is -2.17. The topological polar surface area (TPSA) is 51.0 Å². The van der Waals surface area contributed by atoms with Crippen LogP contribution in [0, 0.1) is 13.8 Å². The highest BCUT2D eigenvalue weighted by molar-refractivity contribution is 5.95. The normalized spacial score (nSPS) is 15.4. The molecule has 0 unspecified atom stereocenters. The Balaban J connectivity index is 1.68. The van der Waals surface area contributed by atoms with Gasteiger partial charge in [0.25, 0.3) is 5.91 Å². The summed E-state index contributed by atoms with van der Waals surface area (Å²) in [6.07, 6.45) is 3.50. The zero-order valence-electron chi connectivity index (χ0n) is 11.1. The van der Waals surface area contributed by atoms with Crippen LogP contribution in [0.25, 0.3) is 0 Å². The summed E-state index contributed by atoms with van der Waals surface area (Å²) in [4.78, 5) is 14.1. The van der Waals surface area contributed by atoms with Gasteiger partial charge in [-0.15, -0.1) is 5.10 Å². The molecule has 2 aromatic rings. The van der Waals surface area contributed by atoms with Gasteiger partial charge in [0, 0.05) is 24.8 Å². The Labute approximate surface area is 111 Å². The Morgan fingerprint density at radius 3 is 2.68 bits per heavy atom. The molecule has 98 valence electrons. The Kier molecular flexibility index (Phi) is 2.81. The lowest BCUT2D eigenvalue weighted by molar-refractivity contribution is 0.0498. The number of aryl methyl sites for hydroxylation is 2. The fourth-order valence-electron chi connectivity index (χ4n) is 2.26. The van der Waals surface area contributed by atoms with Crippen molar-refractivity contribution in [3.05, 3.63) is 47.3 Å². The summed E-state index contributed by atoms with van der Waals surface area (Å²) in [5, 5.41) is 7.74. The van der Waals surface area contributed by atoms with Crippen LogP contribution in [0.5, 0.6) is 0 Å². The molecule has 19 heavy (non-hydrogen) atoms. The van der Waals surface area contributed by atoms with Crippen molar-refractivity contribution in [2.75, 3.05) is 13.1 Å². The van der Waals surface area contributed by atoms with Crippen molar-refractivity contribution < 1.29 is 4.79 Å². The van der Waals surface area contributed by atoms with E-state index < -0.39 is 0 Å². The first kappa shape index (κ1) is 11.9. The molecule has 1 amide bonds. The van der Waals surface area contributed by atoms with Crippen LogP contribution in [0.15, 0.2) is 30.6 Å². The highest BCUT2D eigenvalue weighted by Gasteiger charge is 2.32. The molecule has 1 aliphatic heterocycles. The predicted octanol–water partition coefficient (Wildman–Crippen LogP) is 1.59. The number of carbonyl (C=O) groups excluding carboxylic acids is 1. The predicted molar refractivity (Wildman–Crippen MR) is 70.9 cm³/mol. The van der Waals surface area contributed by atoms with Crippen molar-refractivity contribution in [2.45, 2.75) is 19.9 Å². The summed E-state index contributed by atoms with van der Waals surface area (Å²) < 4.78 is 1.81. The lowest BCUT2D eigenvalue weighted by Crippen LogP contribution is -2.50. The molecule has 0 N–H and O–H groups in total. The van der Waals surface area contributed by atoms with E-state index >= 15 is 0 Å². The summed E-state index contributed by atoms with van der Waals surface area (Å²) in [6.45, 7) is 5.48. The van der Waals surface area contributed by atoms with Crippen molar-refractivity contribution in [1.82, 2.24) is 19.9 Å². The number of nitrogens with zero attached hydrogens (tertiary/aromatic N) is 4. The minimum atomic E-state index is 0.0967. The third-order valence-corrected chi connectivity index (χ3v) is 3.72. The van der Waals surface area contributed by atoms with Crippen LogP contribution < -0.4 is 0 Å². The highest BCUT2D eigenvalue weighted by Crippen LogP contribution is 2.22. The summed E-state index contributed by atoms with van der Waals surface area (Å²) >= 11 is 0. The molecule has 0 spiro atoms. The lowest BCUT2D eigenvalue weighted by Gasteiger charge is -2.38. The van der Waals surface area contributed by atoms with Crippen molar-refractivity contribution >= 4 is 5.91 Å². The zero-order chi connectivity index (χ0) is 13.4. The first-order chi connectivity index (χ1) is 9.15. The second kappa shape index (κ2) is 4.50. The second-order valence-electron chi connectivity index (χ2n) is 5.05. The van der Waals surface area contributed by atoms with Gasteiger partial charge in [0.1, 0.15) is 0 Å². The number of hydrogen-bond donors (Lipinski definition) is 0. The van der Waals surface area contributed by atoms with E-state index in [4.69, 9.17) is 0 Å². The zero-order valence-corrected chi connectivity index (χ0v) is 11.1. The Bertz CT molecular complexity index is 600. The molecular formula is C14H16N4O. The van der Waals surface area contributed by atoms with Gasteiger partial charge in [-0.1, -0.05) is 11.3 Å². The molecule has 1 aliphatic rings. The van der Waals surface area contributed by atoms with Gasteiger partial charge in [-0.25, -0.2) is 4.68 Å². The second-order valence-corrected chi connectivity index (χ2v) is 5.05. The molecule has 0 bridgehead atoms. The average molecular weight is 256 g/mol. The fourth-order valence-corrected chi connectivity index (χ4v) is 2.26. The van der Waals surface area contributed by atoms with E-state index in [0.717, 1.165) is 11.1 Å². The third kappa shape index (κ3) is 2.12. The van der Waals surface area contributed by atoms with E-state index in [1.54, 1.807) is 6.20 Å². The molecule has 1 saturated heterocycles. The van der Waals surface area contributed by atoms with E-state index in [0.29, 0.717) is 13.1 Å². The molecule has 5 nitrogen and oxygen atoms in total. The minimum Gasteiger partial charge on any atom is -0.334 e. The smallest absolute Gasteiger partial charge is 0.254 e. The molecule has 0 atom stereocenters. The summed E-state index contributed by atoms with van der Waals surface area (Å²) in [7, 11) is 0. The largest absolute Gasteiger partial charge is 0.334 e. The summed E-state index contributed by atoms with van der Waals surface area (Å²) in [5.41, 5.74) is 3.12. The molecule has 2 heterocycles. The van der Waals surface area contributed by atoms with Gasteiger partial charge < -0.3 is 4.90 Å². The van der Waals surface area contributed by atoms with E-state index in [-0.39, 0.29) is 11.9 Å². The quantitative estimate of drug-likeness (QED) is 0.820. The standard InChI is InChI=1S/C14H16N4O/c1-10-3-4-12(7-11(10)2)14(19)17-8-13(9-17)18-6-5-15-16-18/h3-7,13H,8-9H2,1-2H3. The maximum absolute atomic E-state index is 12.3. The number of benzene rings is 1. The van der Waals surface area contributed by atoms with Crippen molar-refractivity contribution in [2.24, 2.45) is 0 Å². The number of aromatic nitrogens is 3. The minimum absolute atomic E-state index is 0.0967. The van der Waals surface area contributed by atoms with Gasteiger partial charge in [-0.05, 0) is 37.1 Å². The van der Waals surface area contributed by atoms with E-state index in [2.05, 4.69) is 10.3 Å². The number of hydrogen-bond acceptors (Lipinski definition) is 3. The molecule has 1 fully saturated rings. The fraction of sp³-hybridized carbons (Fsp3) is 0.357. The summed E-state index contributed by atoms with van der Waals surface area (Å²) in [6, 6.07) is 6.11. The highest BCUT2D eigenvalue weighted by atomic mass is 16.2. The number of carbonyl (C=O) groups is 1. The van der Waals surface area contributed by atoms with Gasteiger partial charge in [0.05, 0.1) is 12.2 Å². The molecular weight excluding hydrogens is 240 g/mol. The van der Waals surface area contributed by atoms with Crippen molar-refractivity contribution in [3.63, 3.8) is 0 Å². The van der Waals surface area contributed by atoms with Gasteiger partial charge in [-0.3, -0.25) is 4.79 Å². The maximum Gasteiger partial charge on any atom is 0.254 e. The van der Waals surface area contributed by atoms with Crippen LogP contribution in [0.2, 0.25) is 0 Å². The van der Waals surface area contributed by atoms with Crippen LogP contribution >= 0.6 is 0 Å². The number of likely N-dealkylation sites (tertiary alicyclic amines) is 1. The van der Waals surface area contributed by atoms with E-state index in [1.807, 2.05) is 47.8 Å². The van der Waals surface area contributed by atoms with Crippen LogP contribution in [0.3, 0.4) is 0 Å². The van der Waals surface area contributed by atoms with Gasteiger partial charge in [0.2, 0.25) is 0 Å². The SMILES string of the molecule is Cc1ccc(C(=O)N2CC(n3ccnn3)C2)cc1C. The maximum atomic E-state index is 12.3. The molecule has 0 saturated carbocycles. The number of amides is 1. The monoisotopic (exact) mass is 256 g/mol. The van der Waals surface area contributed by atoms with Crippen LogP contribution in [-0.4, -0.2) is 38.9 Å². The molecule has 1 aromatic heterocycles. The lowest BCUT2D eigenvalue weighted by atomic mass is 10.0. The molecule has 1 aromatic carbocycles. The Morgan fingerprint density at radius 1 is 1.26 bits per heavy atom. The van der Waals surface area contributed by atoms with Gasteiger partial charge in [0.15, 0.2) is 0 Å². The van der Waals surface area contributed by atoms with Crippen LogP contribution in [0.4, 0.5) is 0 Å². The molecule has 5 heteroatoms. The first-order valence-corrected chi connectivity index (χ1v) is 6.37. The first-order valence-electron chi connectivity index (χ1n) is 6.37. The van der Waals surface area contributed by atoms with Gasteiger partial charge in [-0.2, -0.15) is 0 Å². The average Bonchev–Trinajstić information content (AvgIpc) is 2.84. The van der Waals surface area contributed by atoms with E-state index in [1.165, 1.54) is 5.56 Å². The van der Waals surface area contributed by atoms with E-state index in [9.17, 15) is 4.79 Å². The van der Waals surface area contributed by atoms with Crippen molar-refractivity contribution in [3.8, 4) is 0 Å².